The zero-order chi connectivity index (χ0) is 18.4. The molecule has 0 aliphatic carbocycles. The van der Waals surface area contributed by atoms with Crippen molar-refractivity contribution >= 4 is 11.4 Å². The Bertz CT molecular complexity index is 773. The predicted octanol–water partition coefficient (Wildman–Crippen LogP) is 6.80. The van der Waals surface area contributed by atoms with E-state index in [1.165, 1.54) is 41.5 Å². The summed E-state index contributed by atoms with van der Waals surface area (Å²) >= 11 is 0. The minimum absolute atomic E-state index is 0.845. The number of hydrogen-bond acceptors (Lipinski definition) is 0. The maximum absolute atomic E-state index is 10.8. The number of rotatable bonds is 8. The highest BCUT2D eigenvalue weighted by atomic mass is 15.2. The van der Waals surface area contributed by atoms with Crippen LogP contribution < -0.4 is 0 Å². The van der Waals surface area contributed by atoms with Gasteiger partial charge in [0.2, 0.25) is 11.4 Å². The molecule has 26 heavy (non-hydrogen) atoms. The molecule has 0 amide bonds. The second-order valence-electron chi connectivity index (χ2n) is 7.02. The molecular weight excluding hydrogens is 316 g/mol. The first-order chi connectivity index (χ1) is 12.7. The third-order valence-electron chi connectivity index (χ3n) is 4.94. The second-order valence-corrected chi connectivity index (χ2v) is 7.02. The van der Waals surface area contributed by atoms with Crippen molar-refractivity contribution in [1.29, 1.82) is 0 Å². The lowest BCUT2D eigenvalue weighted by molar-refractivity contribution is -0.344. The first-order valence-corrected chi connectivity index (χ1v) is 9.82. The van der Waals surface area contributed by atoms with E-state index in [1.807, 2.05) is 12.2 Å². The molecule has 1 aliphatic heterocycles. The summed E-state index contributed by atoms with van der Waals surface area (Å²) < 4.78 is 1.33. The van der Waals surface area contributed by atoms with Gasteiger partial charge in [-0.3, -0.25) is 0 Å². The predicted molar refractivity (Wildman–Crippen MR) is 110 cm³/mol. The molecule has 0 saturated heterocycles. The Labute approximate surface area is 157 Å². The third-order valence-corrected chi connectivity index (χ3v) is 4.94. The summed E-state index contributed by atoms with van der Waals surface area (Å²) in [5, 5.41) is 0. The Morgan fingerprint density at radius 1 is 0.731 bits per heavy atom. The highest BCUT2D eigenvalue weighted by molar-refractivity contribution is 5.75. The summed E-state index contributed by atoms with van der Waals surface area (Å²) in [4.78, 5) is 0. The summed E-state index contributed by atoms with van der Waals surface area (Å²) in [6.07, 6.45) is 11.0. The molecule has 2 aromatic carbocycles. The molecule has 0 N–H and O–H groups in total. The van der Waals surface area contributed by atoms with Crippen molar-refractivity contribution in [3.05, 3.63) is 88.5 Å². The molecule has 0 aromatic heterocycles. The number of hydrogen-bond donors (Lipinski definition) is 0. The lowest BCUT2D eigenvalue weighted by atomic mass is 10.0. The zero-order valence-electron chi connectivity index (χ0n) is 15.9. The van der Waals surface area contributed by atoms with Crippen molar-refractivity contribution < 1.29 is 4.70 Å². The molecule has 0 bridgehead atoms. The van der Waals surface area contributed by atoms with Gasteiger partial charge in [-0.25, -0.2) is 4.70 Å². The van der Waals surface area contributed by atoms with Crippen LogP contribution in [-0.4, -0.2) is 4.70 Å². The average Bonchev–Trinajstić information content (AvgIpc) is 3.06. The number of benzene rings is 2. The molecular formula is C24H28N2. The van der Waals surface area contributed by atoms with Crippen LogP contribution in [0.4, 0.5) is 0 Å². The molecule has 134 valence electrons. The third kappa shape index (κ3) is 4.19. The minimum atomic E-state index is 0.845. The first-order valence-electron chi connectivity index (χ1n) is 9.82. The molecule has 0 saturated carbocycles. The van der Waals surface area contributed by atoms with Crippen LogP contribution >= 0.6 is 0 Å². The molecule has 0 unspecified atom stereocenters. The van der Waals surface area contributed by atoms with E-state index in [1.54, 1.807) is 0 Å². The van der Waals surface area contributed by atoms with Gasteiger partial charge in [0.15, 0.2) is 0 Å². The monoisotopic (exact) mass is 344 g/mol. The lowest BCUT2D eigenvalue weighted by Gasteiger charge is -2.10. The van der Waals surface area contributed by atoms with E-state index in [-0.39, 0.29) is 0 Å². The molecule has 0 spiro atoms. The fourth-order valence-electron chi connectivity index (χ4n) is 3.40. The average molecular weight is 345 g/mol. The fraction of sp³-hybridized carbons (Fsp3) is 0.333. The van der Waals surface area contributed by atoms with Gasteiger partial charge in [0.25, 0.3) is 0 Å². The second kappa shape index (κ2) is 8.75. The maximum Gasteiger partial charge on any atom is 0.207 e. The highest BCUT2D eigenvalue weighted by Gasteiger charge is 2.22. The molecule has 1 heterocycles. The lowest BCUT2D eigenvalue weighted by Crippen LogP contribution is -2.02. The molecule has 2 nitrogen and oxygen atoms in total. The van der Waals surface area contributed by atoms with Gasteiger partial charge in [-0.1, -0.05) is 51.0 Å². The number of nitrogens with zero attached hydrogens (tertiary/aromatic N) is 2. The Morgan fingerprint density at radius 2 is 1.19 bits per heavy atom. The largest absolute Gasteiger partial charge is 0.493 e. The first kappa shape index (κ1) is 18.3. The summed E-state index contributed by atoms with van der Waals surface area (Å²) in [6.45, 7) is 4.42. The Balaban J connectivity index is 1.77. The van der Waals surface area contributed by atoms with Gasteiger partial charge < -0.3 is 5.53 Å². The summed E-state index contributed by atoms with van der Waals surface area (Å²) in [6, 6.07) is 17.0. The molecule has 3 rings (SSSR count). The van der Waals surface area contributed by atoms with Crippen molar-refractivity contribution in [2.45, 2.75) is 52.4 Å². The number of unbranched alkanes of at least 4 members (excludes halogenated alkanes) is 2. The van der Waals surface area contributed by atoms with E-state index in [9.17, 15) is 5.53 Å². The smallest absolute Gasteiger partial charge is 0.207 e. The van der Waals surface area contributed by atoms with Crippen molar-refractivity contribution in [2.24, 2.45) is 0 Å². The Morgan fingerprint density at radius 3 is 1.62 bits per heavy atom. The van der Waals surface area contributed by atoms with E-state index < -0.39 is 0 Å². The molecule has 2 heteroatoms. The van der Waals surface area contributed by atoms with Gasteiger partial charge in [0, 0.05) is 23.3 Å². The highest BCUT2D eigenvalue weighted by Crippen LogP contribution is 2.31. The number of aryl methyl sites for hydroxylation is 2. The van der Waals surface area contributed by atoms with Gasteiger partial charge >= 0.3 is 0 Å². The standard InChI is InChI=1S/C24H28N2/c1-3-5-9-19-11-7-13-21(17-19)23-15-16-24(26(23)25)22-14-8-12-20(18-22)10-6-4-2/h7-8,11-18H,3-6,9-10H2,1-2H3. The Kier molecular flexibility index (Phi) is 6.17. The van der Waals surface area contributed by atoms with Crippen LogP contribution in [0.15, 0.2) is 60.7 Å². The van der Waals surface area contributed by atoms with Crippen molar-refractivity contribution in [2.75, 3.05) is 0 Å². The van der Waals surface area contributed by atoms with Crippen LogP contribution in [0.5, 0.6) is 0 Å². The normalized spacial score (nSPS) is 13.7. The van der Waals surface area contributed by atoms with Crippen LogP contribution in [0.2, 0.25) is 0 Å². The summed E-state index contributed by atoms with van der Waals surface area (Å²) in [5.41, 5.74) is 17.3. The van der Waals surface area contributed by atoms with Crippen LogP contribution in [0, 0.1) is 0 Å². The molecule has 2 aromatic rings. The van der Waals surface area contributed by atoms with Crippen molar-refractivity contribution in [3.63, 3.8) is 0 Å². The van der Waals surface area contributed by atoms with Crippen LogP contribution in [0.3, 0.4) is 0 Å². The number of allylic oxidation sites excluding steroid dienone is 2. The summed E-state index contributed by atoms with van der Waals surface area (Å²) in [7, 11) is 0. The Hall–Kier alpha value is -2.48. The quantitative estimate of drug-likeness (QED) is 0.470. The van der Waals surface area contributed by atoms with E-state index in [0.29, 0.717) is 0 Å². The molecule has 0 fully saturated rings. The van der Waals surface area contributed by atoms with Crippen LogP contribution in [0.25, 0.3) is 16.9 Å². The van der Waals surface area contributed by atoms with Crippen molar-refractivity contribution in [1.82, 2.24) is 0 Å². The zero-order valence-corrected chi connectivity index (χ0v) is 15.9. The van der Waals surface area contributed by atoms with Gasteiger partial charge in [-0.2, -0.15) is 0 Å². The van der Waals surface area contributed by atoms with Crippen LogP contribution in [0.1, 0.15) is 61.8 Å². The van der Waals surface area contributed by atoms with E-state index in [0.717, 1.165) is 35.4 Å². The van der Waals surface area contributed by atoms with E-state index in [2.05, 4.69) is 62.4 Å². The van der Waals surface area contributed by atoms with E-state index >= 15 is 0 Å². The van der Waals surface area contributed by atoms with Gasteiger partial charge in [-0.05, 0) is 61.1 Å². The SMILES string of the molecule is CCCCc1cccc(C2=CC=C(c3cccc(CCCC)c3)[N+]2=[N-])c1. The summed E-state index contributed by atoms with van der Waals surface area (Å²) in [5.74, 6) is 0. The molecule has 1 aliphatic rings. The van der Waals surface area contributed by atoms with Crippen LogP contribution in [-0.2, 0) is 12.8 Å². The maximum atomic E-state index is 10.8. The topological polar surface area (TPSA) is 25.3 Å². The van der Waals surface area contributed by atoms with E-state index in [4.69, 9.17) is 0 Å². The van der Waals surface area contributed by atoms with Gasteiger partial charge in [0.1, 0.15) is 0 Å². The van der Waals surface area contributed by atoms with Gasteiger partial charge in [0.05, 0.1) is 0 Å². The van der Waals surface area contributed by atoms with Crippen molar-refractivity contribution in [3.8, 4) is 0 Å². The molecule has 0 atom stereocenters. The van der Waals surface area contributed by atoms with Gasteiger partial charge in [-0.15, -0.1) is 0 Å². The fourth-order valence-corrected chi connectivity index (χ4v) is 3.40. The minimum Gasteiger partial charge on any atom is -0.493 e. The molecule has 0 radical (unpaired) electrons.